The van der Waals surface area contributed by atoms with Crippen LogP contribution in [0.2, 0.25) is 5.15 Å². The van der Waals surface area contributed by atoms with Crippen LogP contribution in [0.4, 0.5) is 0 Å². The van der Waals surface area contributed by atoms with Gasteiger partial charge in [0.2, 0.25) is 5.82 Å². The van der Waals surface area contributed by atoms with Crippen LogP contribution < -0.4 is 0 Å². The molecule has 0 atom stereocenters. The van der Waals surface area contributed by atoms with Crippen LogP contribution in [0.3, 0.4) is 0 Å². The van der Waals surface area contributed by atoms with E-state index in [0.717, 1.165) is 52.9 Å². The third-order valence-corrected chi connectivity index (χ3v) is 7.14. The van der Waals surface area contributed by atoms with E-state index in [-0.39, 0.29) is 23.1 Å². The van der Waals surface area contributed by atoms with Gasteiger partial charge in [0, 0.05) is 24.1 Å². The summed E-state index contributed by atoms with van der Waals surface area (Å²) >= 11 is 6.24. The topological polar surface area (TPSA) is 148 Å². The summed E-state index contributed by atoms with van der Waals surface area (Å²) in [5.74, 6) is 0.476. The second kappa shape index (κ2) is 13.6. The first-order valence-corrected chi connectivity index (χ1v) is 13.9. The van der Waals surface area contributed by atoms with Crippen molar-refractivity contribution < 1.29 is 24.8 Å². The molecule has 13 heteroatoms. The molecular formula is C30H28ClN7O5. The van der Waals surface area contributed by atoms with E-state index >= 15 is 0 Å². The minimum atomic E-state index is -0.560. The lowest BCUT2D eigenvalue weighted by atomic mass is 9.98. The monoisotopic (exact) mass is 601 g/mol. The molecule has 2 aromatic heterocycles. The first kappa shape index (κ1) is 29.9. The molecule has 0 saturated heterocycles. The summed E-state index contributed by atoms with van der Waals surface area (Å²) in [5.41, 5.74) is 4.36. The number of nitrogens with zero attached hydrogens (tertiary/aromatic N) is 7. The maximum atomic E-state index is 13.2. The van der Waals surface area contributed by atoms with Crippen LogP contribution in [-0.2, 0) is 24.4 Å². The summed E-state index contributed by atoms with van der Waals surface area (Å²) in [7, 11) is 0. The molecule has 43 heavy (non-hydrogen) atoms. The highest BCUT2D eigenvalue weighted by Gasteiger charge is 2.20. The molecule has 0 bridgehead atoms. The number of carbonyl (C=O) groups is 2. The van der Waals surface area contributed by atoms with Crippen LogP contribution in [0, 0.1) is 0 Å². The van der Waals surface area contributed by atoms with Crippen LogP contribution in [-0.4, -0.2) is 57.8 Å². The van der Waals surface area contributed by atoms with E-state index in [1.54, 1.807) is 24.3 Å². The Bertz CT molecular complexity index is 1730. The van der Waals surface area contributed by atoms with E-state index in [4.69, 9.17) is 22.0 Å². The molecule has 0 aliphatic heterocycles. The summed E-state index contributed by atoms with van der Waals surface area (Å²) in [5, 5.41) is 30.0. The van der Waals surface area contributed by atoms with Gasteiger partial charge in [0.25, 0.3) is 5.91 Å². The van der Waals surface area contributed by atoms with E-state index in [1.165, 1.54) is 0 Å². The number of rotatable bonds is 12. The van der Waals surface area contributed by atoms with Crippen molar-refractivity contribution in [2.45, 2.75) is 39.3 Å². The smallest absolute Gasteiger partial charge is 0.297 e. The molecule has 0 amide bonds. The maximum Gasteiger partial charge on any atom is 0.297 e. The number of hydrogen-bond acceptors (Lipinski definition) is 10. The highest BCUT2D eigenvalue weighted by atomic mass is 35.5. The molecule has 2 N–H and O–H groups in total. The minimum absolute atomic E-state index is 0.212. The van der Waals surface area contributed by atoms with Crippen molar-refractivity contribution in [3.63, 3.8) is 0 Å². The van der Waals surface area contributed by atoms with E-state index in [0.29, 0.717) is 23.4 Å². The average Bonchev–Trinajstić information content (AvgIpc) is 3.63. The summed E-state index contributed by atoms with van der Waals surface area (Å²) in [6.07, 6.45) is 3.42. The highest BCUT2D eigenvalue weighted by molar-refractivity contribution is 6.31. The molecule has 12 nitrogen and oxygen atoms in total. The SMILES string of the molecule is CCCCc1nc(Cl)c(C=O)n1Cc1ccc(-c2ccccc2-c2nnn(C(=O)c3ccccc3CON(O)O)n2)cc1. The fraction of sp³-hybridized carbons (Fsp3) is 0.200. The summed E-state index contributed by atoms with van der Waals surface area (Å²) in [4.78, 5) is 34.9. The predicted octanol–water partition coefficient (Wildman–Crippen LogP) is 5.26. The van der Waals surface area contributed by atoms with Gasteiger partial charge in [0.1, 0.15) is 11.5 Å². The number of carbonyl (C=O) groups excluding carboxylic acids is 2. The normalized spacial score (nSPS) is 11.3. The average molecular weight is 602 g/mol. The molecule has 0 aliphatic carbocycles. The standard InChI is InChI=1S/C30H28ClN7O5/c1-2-3-12-27-32-28(31)26(18-39)36(27)17-20-13-15-21(16-14-20)23-9-6-7-11-25(23)29-33-35-37(34-29)30(40)24-10-5-4-8-22(24)19-43-38(41)42/h4-11,13-16,18,41-42H,2-3,12,17,19H2,1H3. The lowest BCUT2D eigenvalue weighted by Crippen LogP contribution is -2.19. The second-order valence-corrected chi connectivity index (χ2v) is 10.0. The van der Waals surface area contributed by atoms with Crippen LogP contribution in [0.25, 0.3) is 22.5 Å². The predicted molar refractivity (Wildman–Crippen MR) is 155 cm³/mol. The lowest BCUT2D eigenvalue weighted by molar-refractivity contribution is -0.497. The Morgan fingerprint density at radius 2 is 1.74 bits per heavy atom. The Morgan fingerprint density at radius 1 is 1.02 bits per heavy atom. The van der Waals surface area contributed by atoms with Crippen molar-refractivity contribution in [1.82, 2.24) is 35.1 Å². The van der Waals surface area contributed by atoms with Crippen LogP contribution in [0.5, 0.6) is 0 Å². The molecule has 0 saturated carbocycles. The number of aromatic nitrogens is 6. The van der Waals surface area contributed by atoms with Crippen LogP contribution in [0.1, 0.15) is 57.6 Å². The molecule has 0 radical (unpaired) electrons. The molecule has 5 aromatic rings. The van der Waals surface area contributed by atoms with E-state index in [2.05, 4.69) is 32.2 Å². The second-order valence-electron chi connectivity index (χ2n) is 9.65. The molecule has 0 aliphatic rings. The number of aryl methyl sites for hydroxylation is 1. The third-order valence-electron chi connectivity index (χ3n) is 6.86. The Labute approximate surface area is 251 Å². The lowest BCUT2D eigenvalue weighted by Gasteiger charge is -2.11. The van der Waals surface area contributed by atoms with E-state index < -0.39 is 11.3 Å². The number of imidazole rings is 1. The number of tetrazole rings is 1. The van der Waals surface area contributed by atoms with Gasteiger partial charge in [-0.1, -0.05) is 96.5 Å². The molecule has 0 unspecified atom stereocenters. The quantitative estimate of drug-likeness (QED) is 0.143. The van der Waals surface area contributed by atoms with Gasteiger partial charge in [-0.3, -0.25) is 20.0 Å². The summed E-state index contributed by atoms with van der Waals surface area (Å²) < 4.78 is 1.86. The van der Waals surface area contributed by atoms with Gasteiger partial charge in [0.15, 0.2) is 11.4 Å². The van der Waals surface area contributed by atoms with Crippen LogP contribution >= 0.6 is 11.6 Å². The Kier molecular flexibility index (Phi) is 9.45. The number of benzene rings is 3. The first-order valence-electron chi connectivity index (χ1n) is 13.5. The van der Waals surface area contributed by atoms with Crippen molar-refractivity contribution in [2.75, 3.05) is 0 Å². The van der Waals surface area contributed by atoms with Crippen molar-refractivity contribution >= 4 is 23.8 Å². The number of halogens is 1. The highest BCUT2D eigenvalue weighted by Crippen LogP contribution is 2.30. The Balaban J connectivity index is 1.39. The van der Waals surface area contributed by atoms with E-state index in [9.17, 15) is 9.59 Å². The van der Waals surface area contributed by atoms with Crippen LogP contribution in [0.15, 0.2) is 72.8 Å². The van der Waals surface area contributed by atoms with Crippen molar-refractivity contribution in [3.05, 3.63) is 106 Å². The Hall–Kier alpha value is -4.59. The van der Waals surface area contributed by atoms with Crippen molar-refractivity contribution in [1.29, 1.82) is 0 Å². The zero-order chi connectivity index (χ0) is 30.3. The summed E-state index contributed by atoms with van der Waals surface area (Å²) in [6.45, 7) is 2.29. The first-order chi connectivity index (χ1) is 20.9. The molecule has 0 spiro atoms. The van der Waals surface area contributed by atoms with Gasteiger partial charge >= 0.3 is 0 Å². The molecule has 220 valence electrons. The minimum Gasteiger partial charge on any atom is -0.320 e. The molecule has 0 fully saturated rings. The fourth-order valence-corrected chi connectivity index (χ4v) is 4.94. The summed E-state index contributed by atoms with van der Waals surface area (Å²) in [6, 6.07) is 21.9. The number of hydrogen-bond donors (Lipinski definition) is 2. The fourth-order valence-electron chi connectivity index (χ4n) is 4.70. The van der Waals surface area contributed by atoms with Gasteiger partial charge < -0.3 is 4.57 Å². The Morgan fingerprint density at radius 3 is 2.47 bits per heavy atom. The van der Waals surface area contributed by atoms with Gasteiger partial charge in [-0.25, -0.2) is 9.82 Å². The van der Waals surface area contributed by atoms with Crippen molar-refractivity contribution in [3.8, 4) is 22.5 Å². The largest absolute Gasteiger partial charge is 0.320 e. The molecular weight excluding hydrogens is 574 g/mol. The third kappa shape index (κ3) is 6.74. The number of unbranched alkanes of at least 4 members (excludes halogenated alkanes) is 1. The molecule has 3 aromatic carbocycles. The van der Waals surface area contributed by atoms with E-state index in [1.807, 2.05) is 53.1 Å². The van der Waals surface area contributed by atoms with Gasteiger partial charge in [-0.15, -0.1) is 10.2 Å². The maximum absolute atomic E-state index is 13.2. The zero-order valence-electron chi connectivity index (χ0n) is 23.2. The van der Waals surface area contributed by atoms with Gasteiger partial charge in [-0.05, 0) is 40.0 Å². The van der Waals surface area contributed by atoms with Crippen molar-refractivity contribution in [2.24, 2.45) is 0 Å². The zero-order valence-corrected chi connectivity index (χ0v) is 23.9. The van der Waals surface area contributed by atoms with Gasteiger partial charge in [0.05, 0.1) is 12.0 Å². The molecule has 5 rings (SSSR count). The number of aldehydes is 1. The molecule has 2 heterocycles. The van der Waals surface area contributed by atoms with Gasteiger partial charge in [-0.2, -0.15) is 0 Å².